The predicted molar refractivity (Wildman–Crippen MR) is 200 cm³/mol. The number of hydrogen-bond acceptors (Lipinski definition) is 10. The average Bonchev–Trinajstić information content (AvgIpc) is 3.87. The Morgan fingerprint density at radius 1 is 0.667 bits per heavy atom. The Morgan fingerprint density at radius 2 is 1.02 bits per heavy atom. The molecule has 0 saturated carbocycles. The van der Waals surface area contributed by atoms with Crippen molar-refractivity contribution in [2.24, 2.45) is 11.8 Å². The minimum atomic E-state index is -0.948. The Labute approximate surface area is 326 Å². The summed E-state index contributed by atoms with van der Waals surface area (Å²) < 4.78 is 9.84. The van der Waals surface area contributed by atoms with Crippen molar-refractivity contribution >= 4 is 61.8 Å². The summed E-state index contributed by atoms with van der Waals surface area (Å²) in [6, 6.07) is 9.40. The number of benzene rings is 2. The van der Waals surface area contributed by atoms with Gasteiger partial charge in [0.2, 0.25) is 0 Å². The summed E-state index contributed by atoms with van der Waals surface area (Å²) in [4.78, 5) is 82.1. The van der Waals surface area contributed by atoms with Crippen molar-refractivity contribution in [1.29, 1.82) is 0 Å². The summed E-state index contributed by atoms with van der Waals surface area (Å²) >= 11 is 0.218. The molecule has 2 fully saturated rings. The number of hydrogen-bond donors (Lipinski definition) is 4. The molecule has 2 heterocycles. The molecule has 0 unspecified atom stereocenters. The zero-order chi connectivity index (χ0) is 39.4. The fraction of sp³-hybridized carbons (Fsp3) is 0.526. The molecular formula is C38H50N4O10Se2. The van der Waals surface area contributed by atoms with Crippen LogP contribution in [0.4, 0.5) is 0 Å². The number of nitrogens with one attached hydrogen (secondary N) is 2. The topological polar surface area (TPSA) is 192 Å². The number of likely N-dealkylation sites (tertiary alicyclic amines) is 2. The van der Waals surface area contributed by atoms with E-state index < -0.39 is 47.9 Å². The SMILES string of the molecule is COC(=O)[C@H](Cc1ccc(O)cc1)NC(=O)[C@@H]1CCCN1C(=O)[C@H](C)C[Se][Se]C[C@@H](C)C(=O)N1CCC[C@H]1C(=O)N[C@@H](Cc1ccc(O)cc1)C(=O)OC. The van der Waals surface area contributed by atoms with Gasteiger partial charge >= 0.3 is 306 Å². The molecule has 14 nitrogen and oxygen atoms in total. The molecule has 4 amide bonds. The van der Waals surface area contributed by atoms with Gasteiger partial charge in [-0.15, -0.1) is 0 Å². The first-order valence-electron chi connectivity index (χ1n) is 18.0. The molecule has 2 aromatic carbocycles. The number of aromatic hydroxyl groups is 2. The van der Waals surface area contributed by atoms with E-state index in [1.54, 1.807) is 34.1 Å². The molecule has 4 N–H and O–H groups in total. The van der Waals surface area contributed by atoms with Crippen LogP contribution in [0, 0.1) is 11.8 Å². The molecule has 0 bridgehead atoms. The third kappa shape index (κ3) is 11.7. The first kappa shape index (κ1) is 42.6. The monoisotopic (exact) mass is 882 g/mol. The molecule has 6 atom stereocenters. The summed E-state index contributed by atoms with van der Waals surface area (Å²) in [6.07, 6.45) is 2.66. The fourth-order valence-electron chi connectivity index (χ4n) is 6.56. The van der Waals surface area contributed by atoms with Gasteiger partial charge in [0.15, 0.2) is 0 Å². The average molecular weight is 881 g/mol. The van der Waals surface area contributed by atoms with Crippen LogP contribution in [0.1, 0.15) is 50.7 Å². The molecule has 0 aromatic heterocycles. The summed E-state index contributed by atoms with van der Waals surface area (Å²) in [5, 5.41) is 26.0. The molecule has 294 valence electrons. The van der Waals surface area contributed by atoms with Crippen molar-refractivity contribution in [1.82, 2.24) is 20.4 Å². The standard InChI is InChI=1S/C38H50N4O10Se2/c1-23(35(47)41-17-5-7-31(41)33(45)39-29(37(49)51-3)19-25-9-13-27(43)14-10-25)21-53-54-22-24(2)36(48)42-18-6-8-32(42)34(46)40-30(38(50)52-4)20-26-11-15-28(44)16-12-26/h9-16,23-24,29-32,43-44H,5-8,17-22H2,1-4H3,(H,39,45)(H,40,46)/t23-,24-,29+,30+,31+,32+/m1/s1. The predicted octanol–water partition coefficient (Wildman–Crippen LogP) is 1.61. The van der Waals surface area contributed by atoms with Crippen LogP contribution < -0.4 is 10.6 Å². The summed E-state index contributed by atoms with van der Waals surface area (Å²) in [6.45, 7) is 4.63. The van der Waals surface area contributed by atoms with Crippen LogP contribution in [0.2, 0.25) is 10.6 Å². The van der Waals surface area contributed by atoms with Gasteiger partial charge in [-0.2, -0.15) is 0 Å². The maximum absolute atomic E-state index is 13.5. The fourth-order valence-corrected chi connectivity index (χ4v) is 15.0. The van der Waals surface area contributed by atoms with E-state index >= 15 is 0 Å². The number of carbonyl (C=O) groups is 6. The zero-order valence-electron chi connectivity index (χ0n) is 31.0. The second-order valence-electron chi connectivity index (χ2n) is 13.7. The number of amides is 4. The molecule has 2 aliphatic heterocycles. The molecule has 0 radical (unpaired) electrons. The first-order chi connectivity index (χ1) is 25.8. The van der Waals surface area contributed by atoms with Crippen molar-refractivity contribution in [3.05, 3.63) is 59.7 Å². The Morgan fingerprint density at radius 3 is 1.35 bits per heavy atom. The van der Waals surface area contributed by atoms with Crippen molar-refractivity contribution in [2.45, 2.75) is 87.2 Å². The number of nitrogens with zero attached hydrogens (tertiary/aromatic N) is 2. The summed E-state index contributed by atoms with van der Waals surface area (Å²) in [7, 11) is 2.50. The van der Waals surface area contributed by atoms with E-state index in [0.29, 0.717) is 49.4 Å². The number of methoxy groups -OCH3 is 2. The number of phenolic OH excluding ortho intramolecular Hbond substituents is 2. The van der Waals surface area contributed by atoms with E-state index in [9.17, 15) is 39.0 Å². The minimum absolute atomic E-state index is 0.0893. The second kappa shape index (κ2) is 20.5. The van der Waals surface area contributed by atoms with Crippen LogP contribution in [-0.2, 0) is 51.1 Å². The van der Waals surface area contributed by atoms with Crippen LogP contribution in [-0.4, -0.2) is 133 Å². The van der Waals surface area contributed by atoms with Crippen molar-refractivity contribution in [3.8, 4) is 11.5 Å². The van der Waals surface area contributed by atoms with Crippen molar-refractivity contribution in [2.75, 3.05) is 27.3 Å². The maximum atomic E-state index is 13.5. The molecule has 2 aromatic rings. The van der Waals surface area contributed by atoms with E-state index in [4.69, 9.17) is 9.47 Å². The zero-order valence-corrected chi connectivity index (χ0v) is 34.5. The van der Waals surface area contributed by atoms with Crippen LogP contribution in [0.15, 0.2) is 48.5 Å². The van der Waals surface area contributed by atoms with Gasteiger partial charge in [0.25, 0.3) is 0 Å². The van der Waals surface area contributed by atoms with Gasteiger partial charge in [-0.1, -0.05) is 0 Å². The van der Waals surface area contributed by atoms with Crippen LogP contribution in [0.5, 0.6) is 11.5 Å². The molecule has 2 aliphatic rings. The Hall–Kier alpha value is -4.10. The van der Waals surface area contributed by atoms with Crippen LogP contribution >= 0.6 is 0 Å². The summed E-state index contributed by atoms with van der Waals surface area (Å²) in [5.41, 5.74) is 1.46. The van der Waals surface area contributed by atoms with Gasteiger partial charge in [-0.3, -0.25) is 0 Å². The van der Waals surface area contributed by atoms with E-state index in [0.717, 1.165) is 11.1 Å². The molecular weight excluding hydrogens is 830 g/mol. The molecule has 4 rings (SSSR count). The van der Waals surface area contributed by atoms with Gasteiger partial charge in [-0.05, 0) is 0 Å². The molecule has 0 spiro atoms. The Kier molecular flexibility index (Phi) is 16.2. The molecule has 0 aliphatic carbocycles. The van der Waals surface area contributed by atoms with E-state index in [1.807, 2.05) is 13.8 Å². The van der Waals surface area contributed by atoms with Gasteiger partial charge in [0.05, 0.1) is 0 Å². The van der Waals surface area contributed by atoms with Crippen LogP contribution in [0.3, 0.4) is 0 Å². The van der Waals surface area contributed by atoms with Crippen LogP contribution in [0.25, 0.3) is 0 Å². The van der Waals surface area contributed by atoms with E-state index in [-0.39, 0.29) is 74.3 Å². The molecule has 16 heteroatoms. The van der Waals surface area contributed by atoms with Gasteiger partial charge < -0.3 is 10.2 Å². The molecule has 2 saturated heterocycles. The summed E-state index contributed by atoms with van der Waals surface area (Å²) in [5.74, 6) is -2.67. The normalized spacial score (nSPS) is 19.0. The third-order valence-corrected chi connectivity index (χ3v) is 17.4. The Balaban J connectivity index is 1.24. The number of ether oxygens (including phenoxy) is 2. The van der Waals surface area contributed by atoms with Crippen molar-refractivity contribution < 1.29 is 48.5 Å². The van der Waals surface area contributed by atoms with Gasteiger partial charge in [0.1, 0.15) is 11.5 Å². The number of rotatable bonds is 17. The molecule has 54 heavy (non-hydrogen) atoms. The van der Waals surface area contributed by atoms with E-state index in [2.05, 4.69) is 10.6 Å². The number of esters is 2. The van der Waals surface area contributed by atoms with Gasteiger partial charge in [0, 0.05) is 0 Å². The van der Waals surface area contributed by atoms with Crippen molar-refractivity contribution in [3.63, 3.8) is 0 Å². The quantitative estimate of drug-likeness (QED) is 0.103. The van der Waals surface area contributed by atoms with E-state index in [1.165, 1.54) is 38.5 Å². The first-order valence-corrected chi connectivity index (χ1v) is 24.8. The Bertz CT molecular complexity index is 1510. The number of phenols is 2. The second-order valence-corrected chi connectivity index (χ2v) is 21.2. The number of carbonyl (C=O) groups excluding carboxylic acids is 6. The third-order valence-electron chi connectivity index (χ3n) is 9.60. The van der Waals surface area contributed by atoms with Gasteiger partial charge in [-0.25, -0.2) is 0 Å².